The van der Waals surface area contributed by atoms with Gasteiger partial charge in [0.25, 0.3) is 0 Å². The lowest BCUT2D eigenvalue weighted by atomic mass is 10.0. The van der Waals surface area contributed by atoms with Crippen molar-refractivity contribution in [1.29, 1.82) is 0 Å². The molecular formula is C62H120O6. The Balaban J connectivity index is 4.29. The van der Waals surface area contributed by atoms with Crippen molar-refractivity contribution < 1.29 is 28.6 Å². The van der Waals surface area contributed by atoms with E-state index in [1.807, 2.05) is 0 Å². The minimum absolute atomic E-state index is 0.0614. The molecule has 0 radical (unpaired) electrons. The summed E-state index contributed by atoms with van der Waals surface area (Å²) in [4.78, 5) is 38.2. The van der Waals surface area contributed by atoms with Crippen molar-refractivity contribution in [1.82, 2.24) is 0 Å². The molecule has 0 aliphatic rings. The summed E-state index contributed by atoms with van der Waals surface area (Å²) in [5, 5.41) is 0. The highest BCUT2D eigenvalue weighted by Crippen LogP contribution is 2.18. The van der Waals surface area contributed by atoms with E-state index in [4.69, 9.17) is 14.2 Å². The lowest BCUT2D eigenvalue weighted by molar-refractivity contribution is -0.167. The highest BCUT2D eigenvalue weighted by Gasteiger charge is 2.19. The van der Waals surface area contributed by atoms with Crippen LogP contribution in [0.2, 0.25) is 0 Å². The van der Waals surface area contributed by atoms with Crippen LogP contribution in [-0.4, -0.2) is 37.2 Å². The molecule has 6 heteroatoms. The molecule has 6 nitrogen and oxygen atoms in total. The van der Waals surface area contributed by atoms with Crippen LogP contribution in [-0.2, 0) is 28.6 Å². The molecule has 0 rings (SSSR count). The van der Waals surface area contributed by atoms with E-state index in [0.717, 1.165) is 63.7 Å². The van der Waals surface area contributed by atoms with Gasteiger partial charge < -0.3 is 14.2 Å². The number of carbonyl (C=O) groups is 3. The van der Waals surface area contributed by atoms with Gasteiger partial charge in [0.2, 0.25) is 0 Å². The first-order valence-corrected chi connectivity index (χ1v) is 30.9. The molecule has 0 amide bonds. The summed E-state index contributed by atoms with van der Waals surface area (Å²) in [5.41, 5.74) is 0. The standard InChI is InChI=1S/C62H120O6/c1-5-7-9-11-13-15-17-19-21-23-24-26-29-33-37-41-45-49-53-60(63)66-56-59(68-62(65)55-51-47-43-39-35-30-25-22-20-18-16-14-12-10-8-6-2)57-67-61(64)54-50-46-42-38-34-31-27-28-32-36-40-44-48-52-58(3)4/h58-59H,5-57H2,1-4H3/t59-/m0/s1. The maximum absolute atomic E-state index is 12.9. The molecule has 0 saturated heterocycles. The second kappa shape index (κ2) is 56.3. The molecule has 404 valence electrons. The molecule has 0 spiro atoms. The number of hydrogen-bond acceptors (Lipinski definition) is 6. The molecule has 1 atom stereocenters. The predicted octanol–water partition coefficient (Wildman–Crippen LogP) is 20.6. The van der Waals surface area contributed by atoms with Gasteiger partial charge in [0.15, 0.2) is 6.10 Å². The van der Waals surface area contributed by atoms with Gasteiger partial charge in [-0.2, -0.15) is 0 Å². The summed E-state index contributed by atoms with van der Waals surface area (Å²) in [5.74, 6) is 0.00975. The van der Waals surface area contributed by atoms with Crippen LogP contribution in [0, 0.1) is 5.92 Å². The van der Waals surface area contributed by atoms with Crippen LogP contribution in [0.1, 0.15) is 355 Å². The van der Waals surface area contributed by atoms with Gasteiger partial charge in [-0.1, -0.05) is 317 Å². The SMILES string of the molecule is CCCCCCCCCCCCCCCCCCCCC(=O)OC[C@@H](COC(=O)CCCCCCCCCCCCCCCC(C)C)OC(=O)CCCCCCCCCCCCCCCCCC. The molecule has 0 bridgehead atoms. The fourth-order valence-corrected chi connectivity index (χ4v) is 9.63. The molecule has 0 aromatic rings. The third-order valence-corrected chi connectivity index (χ3v) is 14.3. The Kier molecular flexibility index (Phi) is 55.0. The van der Waals surface area contributed by atoms with Gasteiger partial charge in [-0.3, -0.25) is 14.4 Å². The number of esters is 3. The maximum atomic E-state index is 12.9. The van der Waals surface area contributed by atoms with E-state index < -0.39 is 6.10 Å². The van der Waals surface area contributed by atoms with Crippen LogP contribution in [0.5, 0.6) is 0 Å². The molecule has 0 fully saturated rings. The summed E-state index contributed by atoms with van der Waals surface area (Å²) < 4.78 is 16.9. The Morgan fingerprint density at radius 3 is 0.721 bits per heavy atom. The first kappa shape index (κ1) is 66.4. The van der Waals surface area contributed by atoms with Gasteiger partial charge in [0, 0.05) is 19.3 Å². The Morgan fingerprint density at radius 1 is 0.279 bits per heavy atom. The van der Waals surface area contributed by atoms with E-state index in [1.54, 1.807) is 0 Å². The van der Waals surface area contributed by atoms with Crippen LogP contribution in [0.4, 0.5) is 0 Å². The van der Waals surface area contributed by atoms with Gasteiger partial charge in [-0.25, -0.2) is 0 Å². The first-order valence-electron chi connectivity index (χ1n) is 30.9. The molecule has 68 heavy (non-hydrogen) atoms. The molecular weight excluding hydrogens is 841 g/mol. The largest absolute Gasteiger partial charge is 0.462 e. The fraction of sp³-hybridized carbons (Fsp3) is 0.952. The van der Waals surface area contributed by atoms with Crippen molar-refractivity contribution in [2.45, 2.75) is 361 Å². The molecule has 0 heterocycles. The van der Waals surface area contributed by atoms with E-state index in [9.17, 15) is 14.4 Å². The smallest absolute Gasteiger partial charge is 0.306 e. The second-order valence-corrected chi connectivity index (χ2v) is 21.8. The summed E-state index contributed by atoms with van der Waals surface area (Å²) in [6.45, 7) is 9.08. The Labute approximate surface area is 425 Å². The van der Waals surface area contributed by atoms with Crippen LogP contribution >= 0.6 is 0 Å². The van der Waals surface area contributed by atoms with Gasteiger partial charge in [-0.05, 0) is 25.2 Å². The average Bonchev–Trinajstić information content (AvgIpc) is 3.32. The van der Waals surface area contributed by atoms with Gasteiger partial charge >= 0.3 is 17.9 Å². The molecule has 0 aliphatic carbocycles. The van der Waals surface area contributed by atoms with Crippen molar-refractivity contribution in [2.24, 2.45) is 5.92 Å². The minimum Gasteiger partial charge on any atom is -0.462 e. The van der Waals surface area contributed by atoms with E-state index in [1.165, 1.54) is 250 Å². The number of unbranched alkanes of at least 4 members (excludes halogenated alkanes) is 44. The Morgan fingerprint density at radius 2 is 0.485 bits per heavy atom. The minimum atomic E-state index is -0.762. The molecule has 0 aromatic carbocycles. The zero-order chi connectivity index (χ0) is 49.5. The lowest BCUT2D eigenvalue weighted by Crippen LogP contribution is -2.30. The zero-order valence-corrected chi connectivity index (χ0v) is 46.6. The maximum Gasteiger partial charge on any atom is 0.306 e. The molecule has 0 saturated carbocycles. The Hall–Kier alpha value is -1.59. The predicted molar refractivity (Wildman–Crippen MR) is 293 cm³/mol. The van der Waals surface area contributed by atoms with E-state index in [0.29, 0.717) is 19.3 Å². The number of hydrogen-bond donors (Lipinski definition) is 0. The summed E-state index contributed by atoms with van der Waals surface area (Å²) in [6, 6.07) is 0. The highest BCUT2D eigenvalue weighted by atomic mass is 16.6. The highest BCUT2D eigenvalue weighted by molar-refractivity contribution is 5.71. The topological polar surface area (TPSA) is 78.9 Å². The summed E-state index contributed by atoms with van der Waals surface area (Å²) >= 11 is 0. The van der Waals surface area contributed by atoms with Crippen molar-refractivity contribution in [2.75, 3.05) is 13.2 Å². The monoisotopic (exact) mass is 961 g/mol. The molecule has 0 aliphatic heterocycles. The number of ether oxygens (including phenoxy) is 3. The van der Waals surface area contributed by atoms with E-state index in [-0.39, 0.29) is 31.1 Å². The van der Waals surface area contributed by atoms with Crippen molar-refractivity contribution >= 4 is 17.9 Å². The molecule has 0 aromatic heterocycles. The van der Waals surface area contributed by atoms with Gasteiger partial charge in [0.05, 0.1) is 0 Å². The van der Waals surface area contributed by atoms with Crippen LogP contribution in [0.15, 0.2) is 0 Å². The summed E-state index contributed by atoms with van der Waals surface area (Å²) in [7, 11) is 0. The van der Waals surface area contributed by atoms with Gasteiger partial charge in [0.1, 0.15) is 13.2 Å². The van der Waals surface area contributed by atoms with Crippen LogP contribution < -0.4 is 0 Å². The average molecular weight is 962 g/mol. The third-order valence-electron chi connectivity index (χ3n) is 14.3. The normalized spacial score (nSPS) is 12.0. The van der Waals surface area contributed by atoms with Gasteiger partial charge in [-0.15, -0.1) is 0 Å². The fourth-order valence-electron chi connectivity index (χ4n) is 9.63. The van der Waals surface area contributed by atoms with Crippen molar-refractivity contribution in [3.8, 4) is 0 Å². The van der Waals surface area contributed by atoms with E-state index >= 15 is 0 Å². The Bertz CT molecular complexity index is 1030. The van der Waals surface area contributed by atoms with Crippen LogP contribution in [0.3, 0.4) is 0 Å². The first-order chi connectivity index (χ1) is 33.4. The molecule has 0 N–H and O–H groups in total. The zero-order valence-electron chi connectivity index (χ0n) is 46.6. The van der Waals surface area contributed by atoms with E-state index in [2.05, 4.69) is 27.7 Å². The number of rotatable bonds is 57. The number of carbonyl (C=O) groups excluding carboxylic acids is 3. The third kappa shape index (κ3) is 55.3. The second-order valence-electron chi connectivity index (χ2n) is 21.8. The quantitative estimate of drug-likeness (QED) is 0.0343. The van der Waals surface area contributed by atoms with Crippen LogP contribution in [0.25, 0.3) is 0 Å². The van der Waals surface area contributed by atoms with Crippen molar-refractivity contribution in [3.05, 3.63) is 0 Å². The van der Waals surface area contributed by atoms with Crippen molar-refractivity contribution in [3.63, 3.8) is 0 Å². The lowest BCUT2D eigenvalue weighted by Gasteiger charge is -2.18. The molecule has 0 unspecified atom stereocenters. The summed E-state index contributed by atoms with van der Waals surface area (Å²) in [6.07, 6.45) is 62.4.